The van der Waals surface area contributed by atoms with Gasteiger partial charge < -0.3 is 10.6 Å². The molecule has 2 N–H and O–H groups in total. The second-order valence-electron chi connectivity index (χ2n) is 4.60. The van der Waals surface area contributed by atoms with Crippen LogP contribution in [-0.2, 0) is 4.79 Å². The van der Waals surface area contributed by atoms with Gasteiger partial charge in [0.1, 0.15) is 0 Å². The fourth-order valence-corrected chi connectivity index (χ4v) is 1.78. The largest absolute Gasteiger partial charge is 0.326 e. The first-order valence-corrected chi connectivity index (χ1v) is 6.10. The minimum absolute atomic E-state index is 0. The first-order chi connectivity index (χ1) is 8.06. The number of aryl methyl sites for hydroxylation is 1. The van der Waals surface area contributed by atoms with Crippen molar-refractivity contribution in [2.24, 2.45) is 0 Å². The van der Waals surface area contributed by atoms with Gasteiger partial charge in [-0.2, -0.15) is 0 Å². The molecule has 0 aromatic heterocycles. The summed E-state index contributed by atoms with van der Waals surface area (Å²) in [6.45, 7) is 7.00. The number of carbonyl (C=O) groups excluding carboxylic acids is 1. The summed E-state index contributed by atoms with van der Waals surface area (Å²) in [7, 11) is 1.85. The van der Waals surface area contributed by atoms with Gasteiger partial charge in [0.25, 0.3) is 0 Å². The first-order valence-electron chi connectivity index (χ1n) is 6.10. The molecule has 0 saturated carbocycles. The number of amides is 1. The summed E-state index contributed by atoms with van der Waals surface area (Å²) in [6, 6.07) is 6.14. The molecular weight excluding hydrogens is 248 g/mol. The Balaban J connectivity index is 0.00000289. The van der Waals surface area contributed by atoms with Crippen LogP contribution in [0.5, 0.6) is 0 Å². The molecule has 1 amide bonds. The maximum absolute atomic E-state index is 11.7. The number of hydrogen-bond donors (Lipinski definition) is 2. The van der Waals surface area contributed by atoms with Gasteiger partial charge in [-0.25, -0.2) is 0 Å². The maximum atomic E-state index is 11.7. The van der Waals surface area contributed by atoms with Gasteiger partial charge in [0.2, 0.25) is 5.91 Å². The molecule has 0 spiro atoms. The smallest absolute Gasteiger partial charge is 0.225 e. The van der Waals surface area contributed by atoms with Gasteiger partial charge in [-0.3, -0.25) is 4.79 Å². The van der Waals surface area contributed by atoms with E-state index >= 15 is 0 Å². The van der Waals surface area contributed by atoms with E-state index in [0.29, 0.717) is 18.9 Å². The summed E-state index contributed by atoms with van der Waals surface area (Å²) in [5.74, 6) is 0.477. The molecule has 0 atom stereocenters. The third-order valence-corrected chi connectivity index (χ3v) is 2.79. The quantitative estimate of drug-likeness (QED) is 0.863. The highest BCUT2D eigenvalue weighted by atomic mass is 35.5. The predicted octanol–water partition coefficient (Wildman–Crippen LogP) is 3.09. The van der Waals surface area contributed by atoms with Crippen LogP contribution in [0, 0.1) is 6.92 Å². The van der Waals surface area contributed by atoms with Crippen molar-refractivity contribution in [2.75, 3.05) is 18.9 Å². The molecule has 0 aliphatic rings. The molecule has 1 aromatic rings. The van der Waals surface area contributed by atoms with Crippen molar-refractivity contribution in [3.63, 3.8) is 0 Å². The van der Waals surface area contributed by atoms with Crippen LogP contribution < -0.4 is 10.6 Å². The summed E-state index contributed by atoms with van der Waals surface area (Å²) in [6.07, 6.45) is 0.502. The second-order valence-corrected chi connectivity index (χ2v) is 4.60. The van der Waals surface area contributed by atoms with Crippen LogP contribution in [0.1, 0.15) is 37.3 Å². The standard InChI is InChI=1S/C14H22N2O.ClH/c1-10(2)12-7-5-6-11(3)14(12)16-13(17)8-9-15-4;/h5-7,10,15H,8-9H2,1-4H3,(H,16,17);1H. The van der Waals surface area contributed by atoms with Gasteiger partial charge in [-0.05, 0) is 31.0 Å². The Hall–Kier alpha value is -1.06. The van der Waals surface area contributed by atoms with Gasteiger partial charge in [0.15, 0.2) is 0 Å². The molecule has 18 heavy (non-hydrogen) atoms. The van der Waals surface area contributed by atoms with Crippen molar-refractivity contribution in [2.45, 2.75) is 33.1 Å². The number of rotatable bonds is 5. The normalized spacial score (nSPS) is 10.1. The second kappa shape index (κ2) is 8.11. The molecule has 0 fully saturated rings. The van der Waals surface area contributed by atoms with E-state index in [2.05, 4.69) is 30.5 Å². The molecular formula is C14H23ClN2O. The monoisotopic (exact) mass is 270 g/mol. The highest BCUT2D eigenvalue weighted by Gasteiger charge is 2.11. The van der Waals surface area contributed by atoms with Crippen molar-refractivity contribution in [1.29, 1.82) is 0 Å². The van der Waals surface area contributed by atoms with Crippen LogP contribution in [0.25, 0.3) is 0 Å². The zero-order valence-corrected chi connectivity index (χ0v) is 12.4. The summed E-state index contributed by atoms with van der Waals surface area (Å²) in [4.78, 5) is 11.7. The van der Waals surface area contributed by atoms with E-state index in [0.717, 1.165) is 11.3 Å². The number of para-hydroxylation sites is 1. The number of nitrogens with one attached hydrogen (secondary N) is 2. The molecule has 0 radical (unpaired) electrons. The third kappa shape index (κ3) is 4.67. The van der Waals surface area contributed by atoms with Crippen molar-refractivity contribution in [1.82, 2.24) is 5.32 Å². The third-order valence-electron chi connectivity index (χ3n) is 2.79. The van der Waals surface area contributed by atoms with Crippen LogP contribution in [0.3, 0.4) is 0 Å². The molecule has 0 saturated heterocycles. The van der Waals surface area contributed by atoms with E-state index in [1.165, 1.54) is 5.56 Å². The van der Waals surface area contributed by atoms with Crippen LogP contribution in [0.2, 0.25) is 0 Å². The minimum atomic E-state index is 0. The summed E-state index contributed by atoms with van der Waals surface area (Å²) in [5, 5.41) is 5.99. The van der Waals surface area contributed by atoms with Crippen LogP contribution in [0.4, 0.5) is 5.69 Å². The molecule has 0 aliphatic carbocycles. The van der Waals surface area contributed by atoms with E-state index in [-0.39, 0.29) is 18.3 Å². The average molecular weight is 271 g/mol. The van der Waals surface area contributed by atoms with E-state index in [1.54, 1.807) is 0 Å². The Kier molecular flexibility index (Phi) is 7.64. The average Bonchev–Trinajstić information content (AvgIpc) is 2.28. The molecule has 0 aliphatic heterocycles. The molecule has 4 heteroatoms. The Morgan fingerprint density at radius 1 is 1.33 bits per heavy atom. The SMILES string of the molecule is CNCCC(=O)Nc1c(C)cccc1C(C)C.Cl. The Morgan fingerprint density at radius 3 is 2.56 bits per heavy atom. The predicted molar refractivity (Wildman–Crippen MR) is 79.7 cm³/mol. The fourth-order valence-electron chi connectivity index (χ4n) is 1.78. The number of anilines is 1. The van der Waals surface area contributed by atoms with E-state index in [9.17, 15) is 4.79 Å². The van der Waals surface area contributed by atoms with Crippen LogP contribution in [-0.4, -0.2) is 19.5 Å². The first kappa shape index (κ1) is 16.9. The maximum Gasteiger partial charge on any atom is 0.225 e. The molecule has 1 rings (SSSR count). The zero-order chi connectivity index (χ0) is 12.8. The summed E-state index contributed by atoms with van der Waals surface area (Å²) >= 11 is 0. The van der Waals surface area contributed by atoms with Gasteiger partial charge in [-0.15, -0.1) is 12.4 Å². The number of benzene rings is 1. The van der Waals surface area contributed by atoms with E-state index in [1.807, 2.05) is 26.1 Å². The molecule has 0 heterocycles. The van der Waals surface area contributed by atoms with Crippen molar-refractivity contribution in [3.8, 4) is 0 Å². The molecule has 3 nitrogen and oxygen atoms in total. The lowest BCUT2D eigenvalue weighted by molar-refractivity contribution is -0.116. The molecule has 1 aromatic carbocycles. The summed E-state index contributed by atoms with van der Waals surface area (Å²) < 4.78 is 0. The number of halogens is 1. The van der Waals surface area contributed by atoms with Crippen molar-refractivity contribution in [3.05, 3.63) is 29.3 Å². The highest BCUT2D eigenvalue weighted by Crippen LogP contribution is 2.27. The Bertz CT molecular complexity index is 391. The Morgan fingerprint density at radius 2 is 2.00 bits per heavy atom. The molecule has 102 valence electrons. The van der Waals surface area contributed by atoms with Crippen molar-refractivity contribution < 1.29 is 4.79 Å². The van der Waals surface area contributed by atoms with Gasteiger partial charge >= 0.3 is 0 Å². The highest BCUT2D eigenvalue weighted by molar-refractivity contribution is 5.92. The van der Waals surface area contributed by atoms with E-state index in [4.69, 9.17) is 0 Å². The summed E-state index contributed by atoms with van der Waals surface area (Å²) in [5.41, 5.74) is 3.29. The molecule has 0 bridgehead atoms. The molecule has 0 unspecified atom stereocenters. The van der Waals surface area contributed by atoms with Gasteiger partial charge in [-0.1, -0.05) is 32.0 Å². The van der Waals surface area contributed by atoms with E-state index < -0.39 is 0 Å². The van der Waals surface area contributed by atoms with Gasteiger partial charge in [0.05, 0.1) is 0 Å². The fraction of sp³-hybridized carbons (Fsp3) is 0.500. The lowest BCUT2D eigenvalue weighted by Crippen LogP contribution is -2.20. The van der Waals surface area contributed by atoms with Crippen LogP contribution >= 0.6 is 12.4 Å². The Labute approximate surface area is 116 Å². The number of carbonyl (C=O) groups is 1. The lowest BCUT2D eigenvalue weighted by Gasteiger charge is -2.16. The van der Waals surface area contributed by atoms with Crippen molar-refractivity contribution >= 4 is 24.0 Å². The van der Waals surface area contributed by atoms with Gasteiger partial charge in [0, 0.05) is 18.7 Å². The zero-order valence-electron chi connectivity index (χ0n) is 11.5. The topological polar surface area (TPSA) is 41.1 Å². The lowest BCUT2D eigenvalue weighted by atomic mass is 9.98. The minimum Gasteiger partial charge on any atom is -0.326 e. The number of hydrogen-bond acceptors (Lipinski definition) is 2. The van der Waals surface area contributed by atoms with Crippen LogP contribution in [0.15, 0.2) is 18.2 Å².